The van der Waals surface area contributed by atoms with Crippen LogP contribution in [0.2, 0.25) is 5.02 Å². The molecule has 0 aliphatic heterocycles. The monoisotopic (exact) mass is 334 g/mol. The molecule has 0 saturated heterocycles. The Morgan fingerprint density at radius 1 is 1.26 bits per heavy atom. The number of nitrogens with one attached hydrogen (secondary N) is 1. The van der Waals surface area contributed by atoms with E-state index in [1.165, 1.54) is 38.6 Å². The molecule has 23 heavy (non-hydrogen) atoms. The first-order chi connectivity index (χ1) is 11.1. The zero-order valence-electron chi connectivity index (χ0n) is 12.5. The molecule has 0 spiro atoms. The molecular weight excluding hydrogens is 320 g/mol. The number of benzene rings is 2. The van der Waals surface area contributed by atoms with Gasteiger partial charge in [0.1, 0.15) is 5.75 Å². The van der Waals surface area contributed by atoms with Crippen molar-refractivity contribution in [2.45, 2.75) is 0 Å². The average Bonchev–Trinajstić information content (AvgIpc) is 2.54. The van der Waals surface area contributed by atoms with E-state index in [1.54, 1.807) is 18.2 Å². The van der Waals surface area contributed by atoms with Gasteiger partial charge in [-0.1, -0.05) is 17.7 Å². The van der Waals surface area contributed by atoms with Gasteiger partial charge < -0.3 is 14.6 Å². The van der Waals surface area contributed by atoms with Crippen LogP contribution < -0.4 is 14.9 Å². The Balaban J connectivity index is 2.14. The lowest BCUT2D eigenvalue weighted by Crippen LogP contribution is -2.17. The number of carbonyl (C=O) groups excluding carboxylic acids is 1. The molecule has 2 rings (SSSR count). The number of ether oxygens (including phenoxy) is 2. The Labute approximate surface area is 138 Å². The summed E-state index contributed by atoms with van der Waals surface area (Å²) < 4.78 is 10.4. The van der Waals surface area contributed by atoms with Gasteiger partial charge in [0, 0.05) is 10.6 Å². The second-order valence-corrected chi connectivity index (χ2v) is 4.88. The third kappa shape index (κ3) is 3.92. The van der Waals surface area contributed by atoms with E-state index >= 15 is 0 Å². The first kappa shape index (κ1) is 16.6. The van der Waals surface area contributed by atoms with Crippen LogP contribution in [0.1, 0.15) is 15.9 Å². The van der Waals surface area contributed by atoms with Gasteiger partial charge in [0.25, 0.3) is 5.91 Å². The molecule has 0 radical (unpaired) electrons. The summed E-state index contributed by atoms with van der Waals surface area (Å²) in [4.78, 5) is 12.0. The van der Waals surface area contributed by atoms with Gasteiger partial charge >= 0.3 is 0 Å². The third-order valence-corrected chi connectivity index (χ3v) is 3.24. The molecule has 2 aromatic rings. The average molecular weight is 335 g/mol. The molecule has 0 fully saturated rings. The van der Waals surface area contributed by atoms with Crippen LogP contribution in [0.4, 0.5) is 0 Å². The maximum atomic E-state index is 12.0. The normalized spacial score (nSPS) is 10.6. The SMILES string of the molecule is COc1cccc(/C=N/NC(=O)c2ccc(Cl)cc2O)c1OC. The van der Waals surface area contributed by atoms with Crippen molar-refractivity contribution in [1.29, 1.82) is 0 Å². The second-order valence-electron chi connectivity index (χ2n) is 4.44. The first-order valence-corrected chi connectivity index (χ1v) is 6.97. The molecule has 2 aromatic carbocycles. The smallest absolute Gasteiger partial charge is 0.275 e. The fraction of sp³-hybridized carbons (Fsp3) is 0.125. The van der Waals surface area contributed by atoms with Crippen molar-refractivity contribution in [2.75, 3.05) is 14.2 Å². The number of halogens is 1. The maximum Gasteiger partial charge on any atom is 0.275 e. The van der Waals surface area contributed by atoms with E-state index in [9.17, 15) is 9.90 Å². The number of rotatable bonds is 5. The van der Waals surface area contributed by atoms with Gasteiger partial charge in [-0.2, -0.15) is 5.10 Å². The molecule has 120 valence electrons. The molecule has 0 saturated carbocycles. The van der Waals surface area contributed by atoms with Crippen LogP contribution in [0.3, 0.4) is 0 Å². The molecule has 6 nitrogen and oxygen atoms in total. The lowest BCUT2D eigenvalue weighted by Gasteiger charge is -2.09. The largest absolute Gasteiger partial charge is 0.507 e. The number of hydrazone groups is 1. The Morgan fingerprint density at radius 3 is 2.70 bits per heavy atom. The minimum absolute atomic E-state index is 0.0733. The fourth-order valence-corrected chi connectivity index (χ4v) is 2.10. The Kier molecular flexibility index (Phi) is 5.43. The van der Waals surface area contributed by atoms with Crippen molar-refractivity contribution in [3.8, 4) is 17.2 Å². The standard InChI is InChI=1S/C16H15ClN2O4/c1-22-14-5-3-4-10(15(14)23-2)9-18-19-16(21)12-7-6-11(17)8-13(12)20/h3-9,20H,1-2H3,(H,19,21)/b18-9+. The number of methoxy groups -OCH3 is 2. The predicted molar refractivity (Wildman–Crippen MR) is 87.7 cm³/mol. The third-order valence-electron chi connectivity index (χ3n) is 3.01. The van der Waals surface area contributed by atoms with Crippen molar-refractivity contribution < 1.29 is 19.4 Å². The lowest BCUT2D eigenvalue weighted by molar-refractivity contribution is 0.0952. The van der Waals surface area contributed by atoms with Gasteiger partial charge in [-0.05, 0) is 30.3 Å². The summed E-state index contributed by atoms with van der Waals surface area (Å²) in [6.07, 6.45) is 1.42. The van der Waals surface area contributed by atoms with Crippen LogP contribution in [-0.4, -0.2) is 31.4 Å². The highest BCUT2D eigenvalue weighted by Crippen LogP contribution is 2.29. The van der Waals surface area contributed by atoms with Gasteiger partial charge in [0.05, 0.1) is 26.0 Å². The highest BCUT2D eigenvalue weighted by Gasteiger charge is 2.11. The van der Waals surface area contributed by atoms with E-state index in [1.807, 2.05) is 0 Å². The van der Waals surface area contributed by atoms with Crippen LogP contribution >= 0.6 is 11.6 Å². The van der Waals surface area contributed by atoms with Crippen molar-refractivity contribution in [2.24, 2.45) is 5.10 Å². The molecule has 0 bridgehead atoms. The van der Waals surface area contributed by atoms with Gasteiger partial charge in [0.15, 0.2) is 11.5 Å². The van der Waals surface area contributed by atoms with E-state index in [2.05, 4.69) is 10.5 Å². The van der Waals surface area contributed by atoms with Crippen molar-refractivity contribution in [1.82, 2.24) is 5.43 Å². The number of nitrogens with zero attached hydrogens (tertiary/aromatic N) is 1. The minimum Gasteiger partial charge on any atom is -0.507 e. The predicted octanol–water partition coefficient (Wildman–Crippen LogP) is 2.83. The number of amides is 1. The summed E-state index contributed by atoms with van der Waals surface area (Å²) in [7, 11) is 3.05. The molecule has 0 aliphatic carbocycles. The number of phenols is 1. The summed E-state index contributed by atoms with van der Waals surface area (Å²) in [5, 5.41) is 13.9. The number of para-hydroxylation sites is 1. The van der Waals surface area contributed by atoms with E-state index < -0.39 is 5.91 Å². The van der Waals surface area contributed by atoms with Crippen molar-refractivity contribution in [3.63, 3.8) is 0 Å². The first-order valence-electron chi connectivity index (χ1n) is 6.59. The van der Waals surface area contributed by atoms with E-state index in [4.69, 9.17) is 21.1 Å². The van der Waals surface area contributed by atoms with Crippen LogP contribution in [0.25, 0.3) is 0 Å². The highest BCUT2D eigenvalue weighted by molar-refractivity contribution is 6.30. The van der Waals surface area contributed by atoms with Crippen molar-refractivity contribution >= 4 is 23.7 Å². The molecule has 0 atom stereocenters. The fourth-order valence-electron chi connectivity index (χ4n) is 1.93. The second kappa shape index (κ2) is 7.51. The topological polar surface area (TPSA) is 80.2 Å². The Hall–Kier alpha value is -2.73. The van der Waals surface area contributed by atoms with Crippen LogP contribution in [-0.2, 0) is 0 Å². The van der Waals surface area contributed by atoms with E-state index in [-0.39, 0.29) is 11.3 Å². The van der Waals surface area contributed by atoms with E-state index in [0.717, 1.165) is 0 Å². The van der Waals surface area contributed by atoms with Gasteiger partial charge in [0.2, 0.25) is 0 Å². The Morgan fingerprint density at radius 2 is 2.04 bits per heavy atom. The number of aromatic hydroxyl groups is 1. The van der Waals surface area contributed by atoms with Gasteiger partial charge in [-0.3, -0.25) is 4.79 Å². The summed E-state index contributed by atoms with van der Waals surface area (Å²) >= 11 is 5.72. The summed E-state index contributed by atoms with van der Waals surface area (Å²) in [6, 6.07) is 9.48. The molecule has 0 unspecified atom stereocenters. The van der Waals surface area contributed by atoms with E-state index in [0.29, 0.717) is 22.1 Å². The molecule has 0 heterocycles. The minimum atomic E-state index is -0.558. The van der Waals surface area contributed by atoms with Crippen molar-refractivity contribution in [3.05, 3.63) is 52.5 Å². The lowest BCUT2D eigenvalue weighted by atomic mass is 10.2. The Bertz CT molecular complexity index is 747. The molecule has 7 heteroatoms. The maximum absolute atomic E-state index is 12.0. The summed E-state index contributed by atoms with van der Waals surface area (Å²) in [5.41, 5.74) is 3.03. The molecule has 1 amide bonds. The quantitative estimate of drug-likeness (QED) is 0.651. The number of hydrogen-bond acceptors (Lipinski definition) is 5. The molecule has 2 N–H and O–H groups in total. The van der Waals surface area contributed by atoms with Crippen LogP contribution in [0.15, 0.2) is 41.5 Å². The zero-order valence-corrected chi connectivity index (χ0v) is 13.3. The number of phenolic OH excluding ortho intramolecular Hbond substituents is 1. The van der Waals surface area contributed by atoms with Crippen LogP contribution in [0.5, 0.6) is 17.2 Å². The number of hydrogen-bond donors (Lipinski definition) is 2. The molecule has 0 aromatic heterocycles. The number of carbonyl (C=O) groups is 1. The molecular formula is C16H15ClN2O4. The van der Waals surface area contributed by atoms with Crippen LogP contribution in [0, 0.1) is 0 Å². The van der Waals surface area contributed by atoms with Gasteiger partial charge in [-0.15, -0.1) is 0 Å². The summed E-state index contributed by atoms with van der Waals surface area (Å²) in [5.74, 6) is 0.280. The highest BCUT2D eigenvalue weighted by atomic mass is 35.5. The van der Waals surface area contributed by atoms with Gasteiger partial charge in [-0.25, -0.2) is 5.43 Å². The molecule has 0 aliphatic rings. The summed E-state index contributed by atoms with van der Waals surface area (Å²) in [6.45, 7) is 0. The zero-order chi connectivity index (χ0) is 16.8.